The molecule has 2 atom stereocenters. The van der Waals surface area contributed by atoms with Crippen molar-refractivity contribution in [3.63, 3.8) is 0 Å². The highest BCUT2D eigenvalue weighted by atomic mass is 32.1. The monoisotopic (exact) mass is 330 g/mol. The smallest absolute Gasteiger partial charge is 0.227 e. The molecule has 2 aromatic rings. The van der Waals surface area contributed by atoms with Gasteiger partial charge in [-0.15, -0.1) is 0 Å². The van der Waals surface area contributed by atoms with E-state index in [0.29, 0.717) is 0 Å². The van der Waals surface area contributed by atoms with Crippen LogP contribution in [0.25, 0.3) is 10.2 Å². The number of hydrogen-bond acceptors (Lipinski definition) is 5. The van der Waals surface area contributed by atoms with Crippen LogP contribution in [0.5, 0.6) is 0 Å². The third kappa shape index (κ3) is 3.05. The predicted molar refractivity (Wildman–Crippen MR) is 95.0 cm³/mol. The van der Waals surface area contributed by atoms with Crippen LogP contribution in [0.3, 0.4) is 0 Å². The summed E-state index contributed by atoms with van der Waals surface area (Å²) in [7, 11) is 0. The Morgan fingerprint density at radius 3 is 2.87 bits per heavy atom. The molecule has 2 unspecified atom stereocenters. The number of rotatable bonds is 3. The van der Waals surface area contributed by atoms with Gasteiger partial charge in [0.2, 0.25) is 5.91 Å². The van der Waals surface area contributed by atoms with E-state index in [4.69, 9.17) is 10.7 Å². The molecule has 23 heavy (non-hydrogen) atoms. The standard InChI is InChI=1S/C17H22N4OS/c18-12-4-3-11(9-12)16(22)19-13-5-6-14-15(10-13)23-17(20-14)21-7-1-2-8-21/h5-6,10-12H,1-4,7-9,18H2,(H,19,22). The summed E-state index contributed by atoms with van der Waals surface area (Å²) in [6.07, 6.45) is 5.15. The third-order valence-electron chi connectivity index (χ3n) is 4.87. The number of aromatic nitrogens is 1. The van der Waals surface area contributed by atoms with Gasteiger partial charge >= 0.3 is 0 Å². The first-order valence-corrected chi connectivity index (χ1v) is 9.23. The van der Waals surface area contributed by atoms with Gasteiger partial charge in [0.05, 0.1) is 10.2 Å². The van der Waals surface area contributed by atoms with E-state index in [0.717, 1.165) is 53.4 Å². The third-order valence-corrected chi connectivity index (χ3v) is 5.94. The molecule has 2 aliphatic rings. The molecule has 2 fully saturated rings. The Labute approximate surface area is 139 Å². The molecule has 1 saturated carbocycles. The normalized spacial score (nSPS) is 24.5. The van der Waals surface area contributed by atoms with E-state index in [1.807, 2.05) is 18.2 Å². The molecule has 4 rings (SSSR count). The molecule has 3 N–H and O–H groups in total. The van der Waals surface area contributed by atoms with Crippen molar-refractivity contribution in [3.05, 3.63) is 18.2 Å². The summed E-state index contributed by atoms with van der Waals surface area (Å²) in [6.45, 7) is 2.21. The van der Waals surface area contributed by atoms with Crippen molar-refractivity contribution in [2.75, 3.05) is 23.3 Å². The summed E-state index contributed by atoms with van der Waals surface area (Å²) >= 11 is 1.71. The van der Waals surface area contributed by atoms with Crippen molar-refractivity contribution in [1.29, 1.82) is 0 Å². The molecule has 1 amide bonds. The highest BCUT2D eigenvalue weighted by Crippen LogP contribution is 2.33. The van der Waals surface area contributed by atoms with Gasteiger partial charge in [-0.25, -0.2) is 4.98 Å². The van der Waals surface area contributed by atoms with Crippen molar-refractivity contribution in [2.24, 2.45) is 11.7 Å². The van der Waals surface area contributed by atoms with Crippen LogP contribution in [0.1, 0.15) is 32.1 Å². The fraction of sp³-hybridized carbons (Fsp3) is 0.529. The van der Waals surface area contributed by atoms with Crippen molar-refractivity contribution in [1.82, 2.24) is 4.98 Å². The molecule has 122 valence electrons. The lowest BCUT2D eigenvalue weighted by molar-refractivity contribution is -0.119. The quantitative estimate of drug-likeness (QED) is 0.907. The molecule has 0 spiro atoms. The molecule has 5 nitrogen and oxygen atoms in total. The van der Waals surface area contributed by atoms with Gasteiger partial charge in [0.25, 0.3) is 0 Å². The van der Waals surface area contributed by atoms with E-state index < -0.39 is 0 Å². The lowest BCUT2D eigenvalue weighted by Crippen LogP contribution is -2.23. The van der Waals surface area contributed by atoms with Crippen molar-refractivity contribution in [3.8, 4) is 0 Å². The van der Waals surface area contributed by atoms with E-state index in [9.17, 15) is 4.79 Å². The molecule has 2 heterocycles. The van der Waals surface area contributed by atoms with Gasteiger partial charge in [0.15, 0.2) is 5.13 Å². The largest absolute Gasteiger partial charge is 0.348 e. The Balaban J connectivity index is 1.50. The summed E-state index contributed by atoms with van der Waals surface area (Å²) in [4.78, 5) is 19.4. The molecule has 0 radical (unpaired) electrons. The lowest BCUT2D eigenvalue weighted by Gasteiger charge is -2.11. The number of nitrogens with two attached hydrogens (primary N) is 1. The van der Waals surface area contributed by atoms with E-state index in [1.54, 1.807) is 11.3 Å². The summed E-state index contributed by atoms with van der Waals surface area (Å²) in [6, 6.07) is 6.17. The number of benzene rings is 1. The molecule has 1 aliphatic carbocycles. The SMILES string of the molecule is NC1CCC(C(=O)Nc2ccc3nc(N4CCCC4)sc3c2)C1. The number of nitrogens with one attached hydrogen (secondary N) is 1. The fourth-order valence-corrected chi connectivity index (χ4v) is 4.59. The lowest BCUT2D eigenvalue weighted by atomic mass is 10.1. The number of thiazole rings is 1. The van der Waals surface area contributed by atoms with E-state index in [1.165, 1.54) is 12.8 Å². The zero-order chi connectivity index (χ0) is 15.8. The Kier molecular flexibility index (Phi) is 3.95. The van der Waals surface area contributed by atoms with Gasteiger partial charge in [-0.3, -0.25) is 4.79 Å². The molecule has 1 aromatic carbocycles. The van der Waals surface area contributed by atoms with Crippen LogP contribution < -0.4 is 16.0 Å². The first-order chi connectivity index (χ1) is 11.2. The Bertz CT molecular complexity index is 722. The summed E-state index contributed by atoms with van der Waals surface area (Å²) in [5.74, 6) is 0.156. The molecular weight excluding hydrogens is 308 g/mol. The average Bonchev–Trinajstić information content (AvgIpc) is 3.26. The van der Waals surface area contributed by atoms with Crippen LogP contribution in [-0.4, -0.2) is 30.0 Å². The Morgan fingerprint density at radius 1 is 1.30 bits per heavy atom. The molecule has 1 aliphatic heterocycles. The number of nitrogens with zero attached hydrogens (tertiary/aromatic N) is 2. The maximum absolute atomic E-state index is 12.3. The van der Waals surface area contributed by atoms with Crippen LogP contribution in [0.2, 0.25) is 0 Å². The van der Waals surface area contributed by atoms with Gasteiger partial charge in [-0.05, 0) is 50.3 Å². The molecule has 1 aromatic heterocycles. The second-order valence-corrected chi connectivity index (χ2v) is 7.64. The second-order valence-electron chi connectivity index (χ2n) is 6.63. The number of carbonyl (C=O) groups excluding carboxylic acids is 1. The van der Waals surface area contributed by atoms with E-state index >= 15 is 0 Å². The molecular formula is C17H22N4OS. The average molecular weight is 330 g/mol. The Hall–Kier alpha value is -1.66. The van der Waals surface area contributed by atoms with E-state index in [-0.39, 0.29) is 17.9 Å². The zero-order valence-corrected chi connectivity index (χ0v) is 13.9. The maximum Gasteiger partial charge on any atom is 0.227 e. The Morgan fingerprint density at radius 2 is 2.13 bits per heavy atom. The van der Waals surface area contributed by atoms with Crippen LogP contribution in [0.15, 0.2) is 18.2 Å². The van der Waals surface area contributed by atoms with Gasteiger partial charge in [0, 0.05) is 30.7 Å². The van der Waals surface area contributed by atoms with Gasteiger partial charge in [0.1, 0.15) is 0 Å². The maximum atomic E-state index is 12.3. The van der Waals surface area contributed by atoms with Gasteiger partial charge < -0.3 is 16.0 Å². The van der Waals surface area contributed by atoms with Gasteiger partial charge in [-0.1, -0.05) is 11.3 Å². The first kappa shape index (κ1) is 14.9. The summed E-state index contributed by atoms with van der Waals surface area (Å²) in [5.41, 5.74) is 7.77. The minimum atomic E-state index is 0.0577. The molecule has 6 heteroatoms. The molecule has 1 saturated heterocycles. The zero-order valence-electron chi connectivity index (χ0n) is 13.1. The highest BCUT2D eigenvalue weighted by molar-refractivity contribution is 7.22. The van der Waals surface area contributed by atoms with Crippen LogP contribution in [0.4, 0.5) is 10.8 Å². The second kappa shape index (κ2) is 6.09. The van der Waals surface area contributed by atoms with Crippen LogP contribution in [-0.2, 0) is 4.79 Å². The number of fused-ring (bicyclic) bond motifs is 1. The minimum Gasteiger partial charge on any atom is -0.348 e. The topological polar surface area (TPSA) is 71.2 Å². The summed E-state index contributed by atoms with van der Waals surface area (Å²) < 4.78 is 1.13. The highest BCUT2D eigenvalue weighted by Gasteiger charge is 2.27. The summed E-state index contributed by atoms with van der Waals surface area (Å²) in [5, 5.41) is 4.15. The van der Waals surface area contributed by atoms with Gasteiger partial charge in [-0.2, -0.15) is 0 Å². The number of amides is 1. The number of anilines is 2. The van der Waals surface area contributed by atoms with Crippen LogP contribution >= 0.6 is 11.3 Å². The van der Waals surface area contributed by atoms with Crippen LogP contribution in [0, 0.1) is 5.92 Å². The number of hydrogen-bond donors (Lipinski definition) is 2. The number of carbonyl (C=O) groups is 1. The minimum absolute atomic E-state index is 0.0577. The van der Waals surface area contributed by atoms with E-state index in [2.05, 4.69) is 10.2 Å². The molecule has 0 bridgehead atoms. The van der Waals surface area contributed by atoms with Crippen molar-refractivity contribution < 1.29 is 4.79 Å². The fourth-order valence-electron chi connectivity index (χ4n) is 3.53. The predicted octanol–water partition coefficient (Wildman–Crippen LogP) is 2.96. The van der Waals surface area contributed by atoms with Crippen molar-refractivity contribution in [2.45, 2.75) is 38.1 Å². The van der Waals surface area contributed by atoms with Crippen molar-refractivity contribution >= 4 is 38.3 Å². The first-order valence-electron chi connectivity index (χ1n) is 8.41.